The molecule has 0 bridgehead atoms. The Balaban J connectivity index is 1.49. The Morgan fingerprint density at radius 3 is 2.11 bits per heavy atom. The van der Waals surface area contributed by atoms with Crippen molar-refractivity contribution in [2.75, 3.05) is 26.6 Å². The van der Waals surface area contributed by atoms with E-state index in [-0.39, 0.29) is 45.3 Å². The summed E-state index contributed by atoms with van der Waals surface area (Å²) in [6.07, 6.45) is 1.29. The lowest BCUT2D eigenvalue weighted by atomic mass is 10.1. The minimum atomic E-state index is -0.715. The SMILES string of the molecule is COc1cc(C(=O)Oc2ccc(Br)cc2/C=N\NC(=O)c2ccccc2NC(=O)c2ccc([N+](=O)[O-])cc2)cc(OC)c1OC. The van der Waals surface area contributed by atoms with E-state index in [0.717, 1.165) is 0 Å². The molecule has 0 aliphatic heterocycles. The van der Waals surface area contributed by atoms with Crippen molar-refractivity contribution in [2.45, 2.75) is 0 Å². The summed E-state index contributed by atoms with van der Waals surface area (Å²) < 4.78 is 22.2. The number of esters is 1. The van der Waals surface area contributed by atoms with Gasteiger partial charge in [-0.3, -0.25) is 19.7 Å². The number of non-ortho nitro benzene ring substituents is 1. The number of ether oxygens (including phenoxy) is 4. The number of nitrogens with zero attached hydrogens (tertiary/aromatic N) is 2. The fraction of sp³-hybridized carbons (Fsp3) is 0.0968. The van der Waals surface area contributed by atoms with Crippen LogP contribution in [0.2, 0.25) is 0 Å². The first-order chi connectivity index (χ1) is 21.6. The Bertz CT molecular complexity index is 1770. The number of para-hydroxylation sites is 1. The Hall–Kier alpha value is -5.76. The number of nitro groups is 1. The van der Waals surface area contributed by atoms with Crippen molar-refractivity contribution in [2.24, 2.45) is 5.10 Å². The van der Waals surface area contributed by atoms with Crippen molar-refractivity contribution >= 4 is 51.3 Å². The van der Waals surface area contributed by atoms with Gasteiger partial charge in [-0.1, -0.05) is 28.1 Å². The van der Waals surface area contributed by atoms with Crippen LogP contribution in [-0.2, 0) is 0 Å². The highest BCUT2D eigenvalue weighted by Gasteiger charge is 2.20. The van der Waals surface area contributed by atoms with Crippen LogP contribution in [0.3, 0.4) is 0 Å². The highest BCUT2D eigenvalue weighted by atomic mass is 79.9. The number of anilines is 1. The number of hydrazone groups is 1. The summed E-state index contributed by atoms with van der Waals surface area (Å²) in [5, 5.41) is 17.5. The van der Waals surface area contributed by atoms with Gasteiger partial charge in [0.25, 0.3) is 17.5 Å². The number of nitrogens with one attached hydrogen (secondary N) is 2. The third kappa shape index (κ3) is 7.80. The van der Waals surface area contributed by atoms with E-state index in [0.29, 0.717) is 15.8 Å². The number of amides is 2. The van der Waals surface area contributed by atoms with Crippen LogP contribution in [0.1, 0.15) is 36.6 Å². The number of hydrogen-bond donors (Lipinski definition) is 2. The van der Waals surface area contributed by atoms with E-state index in [1.807, 2.05) is 0 Å². The van der Waals surface area contributed by atoms with E-state index in [1.165, 1.54) is 76.1 Å². The summed E-state index contributed by atoms with van der Waals surface area (Å²) in [6.45, 7) is 0. The predicted octanol–water partition coefficient (Wildman–Crippen LogP) is 5.62. The van der Waals surface area contributed by atoms with Crippen LogP contribution in [0.15, 0.2) is 88.4 Å². The molecule has 0 saturated heterocycles. The van der Waals surface area contributed by atoms with Crippen molar-refractivity contribution in [1.82, 2.24) is 5.43 Å². The minimum absolute atomic E-state index is 0.105. The molecule has 4 aromatic rings. The first-order valence-electron chi connectivity index (χ1n) is 12.9. The van der Waals surface area contributed by atoms with Gasteiger partial charge in [0.2, 0.25) is 5.75 Å². The molecule has 14 heteroatoms. The molecule has 2 amide bonds. The van der Waals surface area contributed by atoms with E-state index >= 15 is 0 Å². The number of nitro benzene ring substituents is 1. The average molecular weight is 677 g/mol. The molecule has 4 rings (SSSR count). The summed E-state index contributed by atoms with van der Waals surface area (Å²) in [7, 11) is 4.30. The van der Waals surface area contributed by atoms with Crippen LogP contribution in [0.4, 0.5) is 11.4 Å². The van der Waals surface area contributed by atoms with E-state index in [9.17, 15) is 24.5 Å². The van der Waals surface area contributed by atoms with Gasteiger partial charge < -0.3 is 24.3 Å². The summed E-state index contributed by atoms with van der Waals surface area (Å²) in [5.74, 6) is -0.922. The van der Waals surface area contributed by atoms with Crippen LogP contribution in [0.25, 0.3) is 0 Å². The van der Waals surface area contributed by atoms with Crippen LogP contribution in [0, 0.1) is 10.1 Å². The number of methoxy groups -OCH3 is 3. The average Bonchev–Trinajstić information content (AvgIpc) is 3.05. The number of carbonyl (C=O) groups excluding carboxylic acids is 3. The van der Waals surface area contributed by atoms with Gasteiger partial charge in [0.15, 0.2) is 11.5 Å². The fourth-order valence-electron chi connectivity index (χ4n) is 4.01. The van der Waals surface area contributed by atoms with Crippen molar-refractivity contribution < 1.29 is 38.3 Å². The molecular weight excluding hydrogens is 652 g/mol. The summed E-state index contributed by atoms with van der Waals surface area (Å²) in [6, 6.07) is 19.0. The number of benzene rings is 4. The molecule has 0 fully saturated rings. The number of carbonyl (C=O) groups is 3. The Morgan fingerprint density at radius 2 is 1.49 bits per heavy atom. The summed E-state index contributed by atoms with van der Waals surface area (Å²) >= 11 is 3.37. The third-order valence-corrected chi connectivity index (χ3v) is 6.70. The molecule has 230 valence electrons. The van der Waals surface area contributed by atoms with Crippen molar-refractivity contribution in [3.63, 3.8) is 0 Å². The zero-order chi connectivity index (χ0) is 32.5. The van der Waals surface area contributed by atoms with Crippen molar-refractivity contribution in [3.8, 4) is 23.0 Å². The van der Waals surface area contributed by atoms with Crippen LogP contribution >= 0.6 is 15.9 Å². The molecule has 2 N–H and O–H groups in total. The normalized spacial score (nSPS) is 10.6. The summed E-state index contributed by atoms with van der Waals surface area (Å²) in [4.78, 5) is 49.1. The van der Waals surface area contributed by atoms with E-state index < -0.39 is 22.7 Å². The molecule has 0 aliphatic carbocycles. The maximum Gasteiger partial charge on any atom is 0.343 e. The van der Waals surface area contributed by atoms with Crippen LogP contribution < -0.4 is 29.7 Å². The van der Waals surface area contributed by atoms with Gasteiger partial charge in [-0.25, -0.2) is 10.2 Å². The largest absolute Gasteiger partial charge is 0.493 e. The molecule has 45 heavy (non-hydrogen) atoms. The highest BCUT2D eigenvalue weighted by Crippen LogP contribution is 2.38. The van der Waals surface area contributed by atoms with Crippen LogP contribution in [0.5, 0.6) is 23.0 Å². The Kier molecular flexibility index (Phi) is 10.4. The zero-order valence-corrected chi connectivity index (χ0v) is 25.6. The van der Waals surface area contributed by atoms with Gasteiger partial charge in [0.1, 0.15) is 5.75 Å². The molecule has 0 radical (unpaired) electrons. The lowest BCUT2D eigenvalue weighted by molar-refractivity contribution is -0.384. The quantitative estimate of drug-likeness (QED) is 0.0673. The minimum Gasteiger partial charge on any atom is -0.493 e. The number of rotatable bonds is 11. The molecule has 0 unspecified atom stereocenters. The maximum absolute atomic E-state index is 13.1. The molecule has 0 atom stereocenters. The second-order valence-electron chi connectivity index (χ2n) is 8.99. The highest BCUT2D eigenvalue weighted by molar-refractivity contribution is 9.10. The van der Waals surface area contributed by atoms with Gasteiger partial charge >= 0.3 is 5.97 Å². The summed E-state index contributed by atoms with van der Waals surface area (Å²) in [5.41, 5.74) is 3.18. The molecular formula is C31H25BrN4O9. The Labute approximate surface area is 265 Å². The van der Waals surface area contributed by atoms with Gasteiger partial charge in [-0.2, -0.15) is 5.10 Å². The molecule has 0 aliphatic rings. The van der Waals surface area contributed by atoms with Crippen molar-refractivity contribution in [3.05, 3.63) is 116 Å². The molecule has 0 heterocycles. The predicted molar refractivity (Wildman–Crippen MR) is 168 cm³/mol. The van der Waals surface area contributed by atoms with Gasteiger partial charge in [0, 0.05) is 27.7 Å². The van der Waals surface area contributed by atoms with E-state index in [1.54, 1.807) is 30.3 Å². The van der Waals surface area contributed by atoms with Crippen molar-refractivity contribution in [1.29, 1.82) is 0 Å². The first-order valence-corrected chi connectivity index (χ1v) is 13.7. The van der Waals surface area contributed by atoms with E-state index in [4.69, 9.17) is 18.9 Å². The standard InChI is InChI=1S/C31H25BrN4O9/c1-42-26-15-19(16-27(43-2)28(26)44-3)31(39)45-25-13-10-21(32)14-20(25)17-33-35-30(38)23-6-4-5-7-24(23)34-29(37)18-8-11-22(12-9-18)36(40)41/h4-17H,1-3H3,(H,34,37)(H,35,38)/b33-17-. The van der Waals surface area contributed by atoms with E-state index in [2.05, 4.69) is 31.8 Å². The second-order valence-corrected chi connectivity index (χ2v) is 9.90. The maximum atomic E-state index is 13.1. The molecule has 0 saturated carbocycles. The number of hydrogen-bond acceptors (Lipinski definition) is 10. The lowest BCUT2D eigenvalue weighted by Gasteiger charge is -2.14. The molecule has 0 aromatic heterocycles. The Morgan fingerprint density at radius 1 is 0.822 bits per heavy atom. The zero-order valence-electron chi connectivity index (χ0n) is 24.0. The fourth-order valence-corrected chi connectivity index (χ4v) is 4.39. The van der Waals surface area contributed by atoms with Gasteiger partial charge in [-0.15, -0.1) is 0 Å². The topological polar surface area (TPSA) is 168 Å². The van der Waals surface area contributed by atoms with Crippen LogP contribution in [-0.4, -0.2) is 50.3 Å². The lowest BCUT2D eigenvalue weighted by Crippen LogP contribution is -2.21. The monoisotopic (exact) mass is 676 g/mol. The molecule has 0 spiro atoms. The molecule has 4 aromatic carbocycles. The van der Waals surface area contributed by atoms with Gasteiger partial charge in [0.05, 0.1) is 49.3 Å². The third-order valence-electron chi connectivity index (χ3n) is 6.20. The number of halogens is 1. The first kappa shape index (κ1) is 32.2. The van der Waals surface area contributed by atoms with Gasteiger partial charge in [-0.05, 0) is 54.6 Å². The molecule has 13 nitrogen and oxygen atoms in total. The second kappa shape index (κ2) is 14.6. The smallest absolute Gasteiger partial charge is 0.343 e.